The zero-order chi connectivity index (χ0) is 46.7. The molecule has 1 aromatic carbocycles. The van der Waals surface area contributed by atoms with Crippen LogP contribution in [0.25, 0.3) is 33.4 Å². The zero-order valence-corrected chi connectivity index (χ0v) is 39.7. The fourth-order valence-corrected chi connectivity index (χ4v) is 10.2. The third-order valence-electron chi connectivity index (χ3n) is 12.8. The number of hydrogen-bond donors (Lipinski definition) is 2. The molecule has 3 aliphatic heterocycles. The Hall–Kier alpha value is -5.65. The van der Waals surface area contributed by atoms with E-state index < -0.39 is 41.3 Å². The number of rotatable bonds is 9. The summed E-state index contributed by atoms with van der Waals surface area (Å²) in [6, 6.07) is 7.25. The Balaban J connectivity index is 1.25. The first-order valence-corrected chi connectivity index (χ1v) is 23.5. The minimum absolute atomic E-state index is 0.0732. The van der Waals surface area contributed by atoms with Gasteiger partial charge in [0.1, 0.15) is 18.1 Å². The van der Waals surface area contributed by atoms with E-state index in [1.807, 2.05) is 32.2 Å². The normalized spacial score (nSPS) is 20.2. The van der Waals surface area contributed by atoms with Gasteiger partial charge >= 0.3 is 12.0 Å². The molecular formula is C48H63N9O7S. The van der Waals surface area contributed by atoms with Gasteiger partial charge < -0.3 is 34.1 Å². The highest BCUT2D eigenvalue weighted by atomic mass is 32.1. The van der Waals surface area contributed by atoms with Crippen molar-refractivity contribution in [3.63, 3.8) is 0 Å². The number of pyridine rings is 1. The van der Waals surface area contributed by atoms with Gasteiger partial charge in [0.05, 0.1) is 34.8 Å². The Kier molecular flexibility index (Phi) is 14.4. The first-order chi connectivity index (χ1) is 31.0. The summed E-state index contributed by atoms with van der Waals surface area (Å²) >= 11 is 1.40. The number of esters is 1. The number of cyclic esters (lactones) is 1. The molecule has 0 unspecified atom stereocenters. The Morgan fingerprint density at radius 1 is 1.11 bits per heavy atom. The molecule has 0 saturated carbocycles. The second-order valence-electron chi connectivity index (χ2n) is 18.4. The molecule has 4 aromatic rings. The molecule has 4 atom stereocenters. The van der Waals surface area contributed by atoms with Crippen LogP contribution in [-0.4, -0.2) is 136 Å². The van der Waals surface area contributed by atoms with E-state index in [4.69, 9.17) is 19.4 Å². The van der Waals surface area contributed by atoms with Crippen LogP contribution in [0.3, 0.4) is 0 Å². The van der Waals surface area contributed by atoms with Gasteiger partial charge in [0, 0.05) is 98.9 Å². The van der Waals surface area contributed by atoms with Gasteiger partial charge in [-0.1, -0.05) is 40.3 Å². The third kappa shape index (κ3) is 9.97. The number of carbonyl (C=O) groups is 5. The first kappa shape index (κ1) is 47.3. The quantitative estimate of drug-likeness (QED) is 0.159. The molecule has 65 heavy (non-hydrogen) atoms. The number of hydrogen-bond acceptors (Lipinski definition) is 11. The fraction of sp³-hybridized carbons (Fsp3) is 0.521. The van der Waals surface area contributed by atoms with Crippen molar-refractivity contribution in [2.24, 2.45) is 11.3 Å². The van der Waals surface area contributed by atoms with E-state index in [9.17, 15) is 24.0 Å². The molecule has 6 bridgehead atoms. The number of nitrogens with zero attached hydrogens (tertiary/aromatic N) is 7. The molecule has 0 aliphatic carbocycles. The van der Waals surface area contributed by atoms with Crippen LogP contribution in [0.2, 0.25) is 0 Å². The second kappa shape index (κ2) is 19.8. The largest absolute Gasteiger partial charge is 0.464 e. The summed E-state index contributed by atoms with van der Waals surface area (Å²) in [5, 5.41) is 8.08. The maximum Gasteiger partial charge on any atom is 0.324 e. The van der Waals surface area contributed by atoms with Crippen molar-refractivity contribution < 1.29 is 33.4 Å². The highest BCUT2D eigenvalue weighted by molar-refractivity contribution is 7.10. The average Bonchev–Trinajstić information content (AvgIpc) is 3.90. The van der Waals surface area contributed by atoms with E-state index in [0.717, 1.165) is 44.7 Å². The summed E-state index contributed by atoms with van der Waals surface area (Å²) in [6.07, 6.45) is 4.44. The predicted molar refractivity (Wildman–Crippen MR) is 249 cm³/mol. The molecule has 2 fully saturated rings. The number of piperazine rings is 1. The molecule has 16 nitrogen and oxygen atoms in total. The topological polar surface area (TPSA) is 172 Å². The smallest absolute Gasteiger partial charge is 0.324 e. The summed E-state index contributed by atoms with van der Waals surface area (Å²) in [4.78, 5) is 83.5. The van der Waals surface area contributed by atoms with Crippen molar-refractivity contribution in [1.29, 1.82) is 0 Å². The minimum Gasteiger partial charge on any atom is -0.464 e. The van der Waals surface area contributed by atoms with Gasteiger partial charge in [0.25, 0.3) is 5.91 Å². The Bertz CT molecular complexity index is 2440. The lowest BCUT2D eigenvalue weighted by Gasteiger charge is -2.39. The molecule has 6 heterocycles. The van der Waals surface area contributed by atoms with Crippen molar-refractivity contribution in [3.8, 4) is 22.5 Å². The van der Waals surface area contributed by atoms with Crippen LogP contribution in [0.5, 0.6) is 0 Å². The van der Waals surface area contributed by atoms with Crippen molar-refractivity contribution in [2.45, 2.75) is 98.0 Å². The third-order valence-corrected chi connectivity index (χ3v) is 13.7. The van der Waals surface area contributed by atoms with E-state index >= 15 is 0 Å². The van der Waals surface area contributed by atoms with E-state index in [2.05, 4.69) is 66.9 Å². The molecule has 2 saturated heterocycles. The molecule has 2 N–H and O–H groups in total. The molecular weight excluding hydrogens is 847 g/mol. The monoisotopic (exact) mass is 909 g/mol. The highest BCUT2D eigenvalue weighted by Crippen LogP contribution is 2.42. The van der Waals surface area contributed by atoms with Crippen molar-refractivity contribution in [3.05, 3.63) is 70.8 Å². The van der Waals surface area contributed by atoms with E-state index in [-0.39, 0.29) is 37.0 Å². The Morgan fingerprint density at radius 3 is 2.54 bits per heavy atom. The number of carbonyl (C=O) groups excluding carboxylic acids is 5. The second-order valence-corrected chi connectivity index (χ2v) is 19.3. The van der Waals surface area contributed by atoms with Gasteiger partial charge in [-0.15, -0.1) is 11.3 Å². The van der Waals surface area contributed by atoms with Crippen LogP contribution in [0, 0.1) is 11.3 Å². The molecule has 0 radical (unpaired) electrons. The first-order valence-electron chi connectivity index (χ1n) is 22.6. The Labute approximate surface area is 385 Å². The number of benzene rings is 1. The summed E-state index contributed by atoms with van der Waals surface area (Å²) in [7, 11) is 3.27. The average molecular weight is 910 g/mol. The number of hydrazine groups is 1. The molecule has 3 aromatic heterocycles. The highest BCUT2D eigenvalue weighted by Gasteiger charge is 2.39. The lowest BCUT2D eigenvalue weighted by atomic mass is 9.84. The zero-order valence-electron chi connectivity index (χ0n) is 38.9. The van der Waals surface area contributed by atoms with Crippen LogP contribution in [-0.2, 0) is 48.0 Å². The molecule has 3 aliphatic rings. The number of thiazole rings is 1. The van der Waals surface area contributed by atoms with Crippen LogP contribution in [0.4, 0.5) is 4.79 Å². The summed E-state index contributed by atoms with van der Waals surface area (Å²) in [6.45, 7) is 18.0. The van der Waals surface area contributed by atoms with Crippen molar-refractivity contribution in [2.75, 3.05) is 53.5 Å². The Morgan fingerprint density at radius 2 is 1.85 bits per heavy atom. The van der Waals surface area contributed by atoms with Gasteiger partial charge in [0.15, 0.2) is 0 Å². The number of fused-ring (bicyclic) bond motifs is 6. The molecule has 0 spiro atoms. The number of nitrogens with one attached hydrogen (secondary N) is 2. The molecule has 17 heteroatoms. The van der Waals surface area contributed by atoms with Crippen LogP contribution in [0.1, 0.15) is 76.8 Å². The lowest BCUT2D eigenvalue weighted by molar-refractivity contribution is -0.155. The standard InChI is InChI=1S/C48H63N9O7S/c1-10-40(58)54-20-22-55(23-21-54)47(62)53(8)42(29(3)4)44(59)51-36-25-39-50-37(27-65-39)31-16-17-38-33(24-31)34(43(56(38)11-2)32-14-12-18-49-41(32)30(5)63-9)26-48(6,7)28-64-46(61)35-15-13-19-57(52-35)45(36)60/h10,12,14,16-18,24,27,29-30,35-36,42,52H,1,11,13,15,19-23,25-26,28H2,2-9H3,(H,51,59)/t30-,35-,36-,42-/m0/s1. The van der Waals surface area contributed by atoms with Gasteiger partial charge in [-0.05, 0) is 74.9 Å². The SMILES string of the molecule is C=CC(=O)N1CCN(C(=O)N(C)[C@H](C(=O)N[C@H]2Cc3nc(cs3)-c3ccc4c(c3)c(c(-c3cccnc3[C@H](C)OC)n4CC)CC(C)(C)COC(=O)[C@@H]3CCCN(N3)C2=O)C(C)C)CC1. The molecule has 348 valence electrons. The predicted octanol–water partition coefficient (Wildman–Crippen LogP) is 5.61. The van der Waals surface area contributed by atoms with Crippen LogP contribution in [0.15, 0.2) is 54.6 Å². The van der Waals surface area contributed by atoms with E-state index in [1.54, 1.807) is 30.2 Å². The van der Waals surface area contributed by atoms with Gasteiger partial charge in [-0.3, -0.25) is 29.2 Å². The maximum absolute atomic E-state index is 14.6. The lowest BCUT2D eigenvalue weighted by Crippen LogP contribution is -2.63. The minimum atomic E-state index is -1.09. The number of methoxy groups -OCH3 is 1. The number of urea groups is 1. The molecule has 5 amide bonds. The van der Waals surface area contributed by atoms with Crippen LogP contribution >= 0.6 is 11.3 Å². The number of ether oxygens (including phenoxy) is 2. The maximum atomic E-state index is 14.6. The number of aryl methyl sites for hydroxylation is 1. The summed E-state index contributed by atoms with van der Waals surface area (Å²) in [5.41, 5.74) is 9.25. The van der Waals surface area contributed by atoms with E-state index in [1.165, 1.54) is 27.3 Å². The van der Waals surface area contributed by atoms with Crippen molar-refractivity contribution >= 4 is 52.0 Å². The summed E-state index contributed by atoms with van der Waals surface area (Å²) < 4.78 is 14.2. The van der Waals surface area contributed by atoms with Gasteiger partial charge in [-0.2, -0.15) is 0 Å². The summed E-state index contributed by atoms with van der Waals surface area (Å²) in [5.74, 6) is -1.89. The number of likely N-dealkylation sites (N-methyl/N-ethyl adjacent to an activating group) is 1. The number of amides is 5. The van der Waals surface area contributed by atoms with Gasteiger partial charge in [0.2, 0.25) is 11.8 Å². The molecule has 7 rings (SSSR count). The van der Waals surface area contributed by atoms with Crippen LogP contribution < -0.4 is 10.7 Å². The van der Waals surface area contributed by atoms with E-state index in [0.29, 0.717) is 63.5 Å². The van der Waals surface area contributed by atoms with Crippen molar-refractivity contribution in [1.82, 2.24) is 45.0 Å². The number of aromatic nitrogens is 3. The fourth-order valence-electron chi connectivity index (χ4n) is 9.34. The van der Waals surface area contributed by atoms with Gasteiger partial charge in [-0.25, -0.2) is 15.2 Å².